The van der Waals surface area contributed by atoms with Crippen LogP contribution in [0.15, 0.2) is 71.8 Å². The molecule has 0 saturated heterocycles. The van der Waals surface area contributed by atoms with Gasteiger partial charge in [-0.05, 0) is 42.0 Å². The second-order valence-corrected chi connectivity index (χ2v) is 9.02. The van der Waals surface area contributed by atoms with Crippen LogP contribution in [-0.2, 0) is 17.8 Å². The Balaban J connectivity index is 1.41. The number of thiophene rings is 1. The van der Waals surface area contributed by atoms with Gasteiger partial charge in [-0.1, -0.05) is 54.6 Å². The summed E-state index contributed by atoms with van der Waals surface area (Å²) in [6.45, 7) is -0.00649. The number of aromatic nitrogens is 2. The Morgan fingerprint density at radius 2 is 1.94 bits per heavy atom. The Morgan fingerprint density at radius 1 is 1.16 bits per heavy atom. The van der Waals surface area contributed by atoms with Crippen LogP contribution >= 0.6 is 11.3 Å². The molecule has 156 valence electrons. The highest BCUT2D eigenvalue weighted by Crippen LogP contribution is 2.34. The summed E-state index contributed by atoms with van der Waals surface area (Å²) in [7, 11) is 1.84. The van der Waals surface area contributed by atoms with Gasteiger partial charge in [0.2, 0.25) is 5.91 Å². The molecule has 0 fully saturated rings. The number of nitrogens with zero attached hydrogens (tertiary/aromatic N) is 3. The van der Waals surface area contributed by atoms with E-state index in [4.69, 9.17) is 0 Å². The molecule has 1 atom stereocenters. The van der Waals surface area contributed by atoms with Crippen molar-refractivity contribution >= 4 is 27.5 Å². The number of amides is 1. The van der Waals surface area contributed by atoms with Gasteiger partial charge in [0.05, 0.1) is 17.8 Å². The molecule has 0 aliphatic heterocycles. The van der Waals surface area contributed by atoms with Crippen molar-refractivity contribution in [2.24, 2.45) is 0 Å². The largest absolute Gasteiger partial charge is 0.337 e. The Bertz CT molecular complexity index is 1310. The van der Waals surface area contributed by atoms with Crippen LogP contribution in [0.3, 0.4) is 0 Å². The molecule has 0 radical (unpaired) electrons. The molecule has 2 heterocycles. The number of hydrogen-bond acceptors (Lipinski definition) is 4. The molecule has 5 rings (SSSR count). The zero-order valence-electron chi connectivity index (χ0n) is 17.3. The first-order valence-corrected chi connectivity index (χ1v) is 11.3. The highest BCUT2D eigenvalue weighted by atomic mass is 32.1. The first-order chi connectivity index (χ1) is 15.1. The number of aryl methyl sites for hydroxylation is 1. The molecule has 0 saturated carbocycles. The Hall–Kier alpha value is -3.25. The molecule has 0 N–H and O–H groups in total. The number of rotatable bonds is 4. The Kier molecular flexibility index (Phi) is 5.16. The van der Waals surface area contributed by atoms with E-state index in [1.165, 1.54) is 33.4 Å². The first kappa shape index (κ1) is 19.7. The highest BCUT2D eigenvalue weighted by Gasteiger charge is 2.26. The van der Waals surface area contributed by atoms with E-state index >= 15 is 0 Å². The molecule has 1 amide bonds. The van der Waals surface area contributed by atoms with Gasteiger partial charge in [0.25, 0.3) is 5.56 Å². The van der Waals surface area contributed by atoms with Gasteiger partial charge in [-0.15, -0.1) is 11.3 Å². The molecular weight excluding hydrogens is 406 g/mol. The molecule has 6 heteroatoms. The van der Waals surface area contributed by atoms with Crippen molar-refractivity contribution in [2.75, 3.05) is 7.05 Å². The van der Waals surface area contributed by atoms with E-state index in [1.807, 2.05) is 55.6 Å². The van der Waals surface area contributed by atoms with Crippen LogP contribution in [0.1, 0.15) is 30.0 Å². The SMILES string of the molecule is CN(C(=O)Cn1cnc2sc(-c3ccccc3)cc2c1=O)[C@H]1CCCc2ccccc21. The summed E-state index contributed by atoms with van der Waals surface area (Å²) in [5.74, 6) is -0.0801. The van der Waals surface area contributed by atoms with Crippen LogP contribution < -0.4 is 5.56 Å². The summed E-state index contributed by atoms with van der Waals surface area (Å²) in [5, 5.41) is 0.560. The molecule has 4 aromatic rings. The van der Waals surface area contributed by atoms with E-state index in [9.17, 15) is 9.59 Å². The smallest absolute Gasteiger partial charge is 0.262 e. The van der Waals surface area contributed by atoms with Crippen molar-refractivity contribution < 1.29 is 4.79 Å². The molecule has 0 bridgehead atoms. The maximum atomic E-state index is 13.1. The third-order valence-electron chi connectivity index (χ3n) is 6.08. The minimum atomic E-state index is -0.172. The fourth-order valence-electron chi connectivity index (χ4n) is 4.38. The zero-order chi connectivity index (χ0) is 21.4. The van der Waals surface area contributed by atoms with Crippen LogP contribution in [-0.4, -0.2) is 27.4 Å². The minimum Gasteiger partial charge on any atom is -0.337 e. The molecule has 0 unspecified atom stereocenters. The summed E-state index contributed by atoms with van der Waals surface area (Å²) in [6, 6.07) is 20.2. The number of likely N-dealkylation sites (N-methyl/N-ethyl adjacent to an activating group) is 1. The molecule has 5 nitrogen and oxygen atoms in total. The van der Waals surface area contributed by atoms with E-state index < -0.39 is 0 Å². The van der Waals surface area contributed by atoms with Crippen molar-refractivity contribution in [2.45, 2.75) is 31.8 Å². The van der Waals surface area contributed by atoms with Gasteiger partial charge in [-0.25, -0.2) is 4.98 Å². The van der Waals surface area contributed by atoms with Crippen LogP contribution in [0.4, 0.5) is 0 Å². The van der Waals surface area contributed by atoms with Crippen LogP contribution in [0.25, 0.3) is 20.7 Å². The van der Waals surface area contributed by atoms with Crippen LogP contribution in [0.2, 0.25) is 0 Å². The Morgan fingerprint density at radius 3 is 2.77 bits per heavy atom. The number of carbonyl (C=O) groups excluding carboxylic acids is 1. The predicted octanol–water partition coefficient (Wildman–Crippen LogP) is 4.66. The molecule has 1 aliphatic rings. The molecular formula is C25H23N3O2S. The lowest BCUT2D eigenvalue weighted by atomic mass is 9.87. The molecule has 1 aliphatic carbocycles. The van der Waals surface area contributed by atoms with Crippen molar-refractivity contribution in [3.8, 4) is 10.4 Å². The van der Waals surface area contributed by atoms with E-state index in [2.05, 4.69) is 17.1 Å². The van der Waals surface area contributed by atoms with E-state index in [0.717, 1.165) is 29.7 Å². The molecule has 2 aromatic carbocycles. The summed E-state index contributed by atoms with van der Waals surface area (Å²) in [5.41, 5.74) is 3.42. The van der Waals surface area contributed by atoms with Crippen molar-refractivity contribution in [1.29, 1.82) is 0 Å². The van der Waals surface area contributed by atoms with Gasteiger partial charge in [0.1, 0.15) is 11.4 Å². The van der Waals surface area contributed by atoms with E-state index in [1.54, 1.807) is 4.90 Å². The average Bonchev–Trinajstić information content (AvgIpc) is 3.26. The fraction of sp³-hybridized carbons (Fsp3) is 0.240. The average molecular weight is 430 g/mol. The normalized spacial score (nSPS) is 15.6. The van der Waals surface area contributed by atoms with Gasteiger partial charge in [0, 0.05) is 11.9 Å². The van der Waals surface area contributed by atoms with Crippen molar-refractivity contribution in [3.63, 3.8) is 0 Å². The quantitative estimate of drug-likeness (QED) is 0.474. The first-order valence-electron chi connectivity index (χ1n) is 10.5. The Labute approximate surface area is 184 Å². The standard InChI is InChI=1S/C25H23N3O2S/c1-27(21-13-7-11-17-8-5-6-12-19(17)21)23(29)15-28-16-26-24-20(25(28)30)14-22(31-24)18-9-3-2-4-10-18/h2-6,8-10,12,14,16,21H,7,11,13,15H2,1H3/t21-/m0/s1. The lowest BCUT2D eigenvalue weighted by Gasteiger charge is -2.33. The second kappa shape index (κ2) is 8.12. The van der Waals surface area contributed by atoms with Crippen molar-refractivity contribution in [1.82, 2.24) is 14.5 Å². The minimum absolute atomic E-state index is 0.00649. The molecule has 2 aromatic heterocycles. The number of fused-ring (bicyclic) bond motifs is 2. The topological polar surface area (TPSA) is 55.2 Å². The lowest BCUT2D eigenvalue weighted by molar-refractivity contribution is -0.133. The number of benzene rings is 2. The van der Waals surface area contributed by atoms with Crippen molar-refractivity contribution in [3.05, 3.63) is 88.5 Å². The predicted molar refractivity (Wildman–Crippen MR) is 124 cm³/mol. The summed E-state index contributed by atoms with van der Waals surface area (Å²) < 4.78 is 1.43. The summed E-state index contributed by atoms with van der Waals surface area (Å²) in [4.78, 5) is 34.1. The molecule has 0 spiro atoms. The third kappa shape index (κ3) is 3.68. The number of hydrogen-bond donors (Lipinski definition) is 0. The summed E-state index contributed by atoms with van der Waals surface area (Å²) in [6.07, 6.45) is 4.55. The van der Waals surface area contributed by atoms with E-state index in [0.29, 0.717) is 10.2 Å². The number of carbonyl (C=O) groups is 1. The van der Waals surface area contributed by atoms with Crippen LogP contribution in [0.5, 0.6) is 0 Å². The maximum absolute atomic E-state index is 13.1. The molecule has 31 heavy (non-hydrogen) atoms. The third-order valence-corrected chi connectivity index (χ3v) is 7.17. The summed E-state index contributed by atoms with van der Waals surface area (Å²) >= 11 is 1.49. The zero-order valence-corrected chi connectivity index (χ0v) is 18.1. The highest BCUT2D eigenvalue weighted by molar-refractivity contribution is 7.21. The van der Waals surface area contributed by atoms with Gasteiger partial charge < -0.3 is 4.90 Å². The van der Waals surface area contributed by atoms with Gasteiger partial charge in [-0.3, -0.25) is 14.2 Å². The lowest BCUT2D eigenvalue weighted by Crippen LogP contribution is -2.37. The van der Waals surface area contributed by atoms with Crippen LogP contribution in [0, 0.1) is 0 Å². The van der Waals surface area contributed by atoms with Gasteiger partial charge in [0.15, 0.2) is 0 Å². The fourth-order valence-corrected chi connectivity index (χ4v) is 5.37. The monoisotopic (exact) mass is 429 g/mol. The van der Waals surface area contributed by atoms with E-state index in [-0.39, 0.29) is 24.1 Å². The van der Waals surface area contributed by atoms with Gasteiger partial charge >= 0.3 is 0 Å². The maximum Gasteiger partial charge on any atom is 0.262 e. The van der Waals surface area contributed by atoms with Gasteiger partial charge in [-0.2, -0.15) is 0 Å². The second-order valence-electron chi connectivity index (χ2n) is 7.98.